The molecule has 0 aliphatic carbocycles. The van der Waals surface area contributed by atoms with Crippen molar-refractivity contribution >= 4 is 10.0 Å². The fraction of sp³-hybridized carbons (Fsp3) is 0.538. The molecule has 2 N–H and O–H groups in total. The molecule has 1 aliphatic heterocycles. The number of aliphatic hydroxyl groups excluding tert-OH is 1. The predicted molar refractivity (Wildman–Crippen MR) is 73.1 cm³/mol. The maximum absolute atomic E-state index is 12.4. The van der Waals surface area contributed by atoms with E-state index in [4.69, 9.17) is 14.6 Å². The van der Waals surface area contributed by atoms with Crippen LogP contribution < -0.4 is 9.46 Å². The number of hydrogen-bond acceptors (Lipinski definition) is 5. The molecule has 1 aromatic rings. The number of nitrogens with one attached hydrogen (secondary N) is 1. The van der Waals surface area contributed by atoms with Crippen LogP contribution in [0, 0.1) is 0 Å². The third-order valence-corrected chi connectivity index (χ3v) is 4.72. The Morgan fingerprint density at radius 2 is 2.30 bits per heavy atom. The Hall–Kier alpha value is -1.15. The fourth-order valence-electron chi connectivity index (χ4n) is 2.15. The highest BCUT2D eigenvalue weighted by Crippen LogP contribution is 2.25. The van der Waals surface area contributed by atoms with Crippen molar-refractivity contribution < 1.29 is 23.0 Å². The molecule has 2 rings (SSSR count). The van der Waals surface area contributed by atoms with E-state index in [0.29, 0.717) is 18.8 Å². The summed E-state index contributed by atoms with van der Waals surface area (Å²) in [4.78, 5) is 0.0390. The lowest BCUT2D eigenvalue weighted by Crippen LogP contribution is -2.40. The predicted octanol–water partition coefficient (Wildman–Crippen LogP) is 0.645. The summed E-state index contributed by atoms with van der Waals surface area (Å²) in [5.74, 6) is 0.256. The van der Waals surface area contributed by atoms with Gasteiger partial charge in [-0.3, -0.25) is 0 Å². The van der Waals surface area contributed by atoms with Crippen molar-refractivity contribution in [3.63, 3.8) is 0 Å². The Bertz CT molecular complexity index is 552. The van der Waals surface area contributed by atoms with Crippen molar-refractivity contribution in [3.05, 3.63) is 23.8 Å². The smallest absolute Gasteiger partial charge is 0.244 e. The molecule has 0 aromatic heterocycles. The van der Waals surface area contributed by atoms with Crippen LogP contribution in [0.4, 0.5) is 0 Å². The summed E-state index contributed by atoms with van der Waals surface area (Å²) in [6.45, 7) is 0.821. The second-order valence-corrected chi connectivity index (χ2v) is 6.36. The molecule has 1 atom stereocenters. The van der Waals surface area contributed by atoms with Gasteiger partial charge in [-0.05, 0) is 30.5 Å². The Kier molecular flexibility index (Phi) is 4.98. The SMILES string of the molecule is COc1ccc(CO)cc1S(=O)(=O)NC1CCCOC1. The first-order valence-corrected chi connectivity index (χ1v) is 7.93. The first-order valence-electron chi connectivity index (χ1n) is 6.44. The first-order chi connectivity index (χ1) is 9.56. The van der Waals surface area contributed by atoms with Crippen LogP contribution in [0.1, 0.15) is 18.4 Å². The molecule has 0 saturated carbocycles. The van der Waals surface area contributed by atoms with Gasteiger partial charge in [-0.1, -0.05) is 6.07 Å². The van der Waals surface area contributed by atoms with Crippen molar-refractivity contribution in [3.8, 4) is 5.75 Å². The minimum atomic E-state index is -3.70. The molecular formula is C13H19NO5S. The van der Waals surface area contributed by atoms with E-state index in [2.05, 4.69) is 4.72 Å². The normalized spacial score (nSPS) is 19.8. The summed E-state index contributed by atoms with van der Waals surface area (Å²) >= 11 is 0. The zero-order chi connectivity index (χ0) is 14.6. The van der Waals surface area contributed by atoms with Gasteiger partial charge < -0.3 is 14.6 Å². The maximum atomic E-state index is 12.4. The number of hydrogen-bond donors (Lipinski definition) is 2. The highest BCUT2D eigenvalue weighted by atomic mass is 32.2. The minimum Gasteiger partial charge on any atom is -0.495 e. The zero-order valence-electron chi connectivity index (χ0n) is 11.3. The standard InChI is InChI=1S/C13H19NO5S/c1-18-12-5-4-10(8-15)7-13(12)20(16,17)14-11-3-2-6-19-9-11/h4-5,7,11,14-15H,2-3,6,8-9H2,1H3. The average Bonchev–Trinajstić information content (AvgIpc) is 2.47. The molecule has 0 amide bonds. The molecule has 1 aromatic carbocycles. The molecule has 20 heavy (non-hydrogen) atoms. The lowest BCUT2D eigenvalue weighted by molar-refractivity contribution is 0.0774. The molecule has 1 unspecified atom stereocenters. The van der Waals surface area contributed by atoms with Crippen LogP contribution >= 0.6 is 0 Å². The van der Waals surface area contributed by atoms with Crippen molar-refractivity contribution in [1.29, 1.82) is 0 Å². The first kappa shape index (κ1) is 15.2. The Balaban J connectivity index is 2.27. The third kappa shape index (κ3) is 3.49. The minimum absolute atomic E-state index is 0.0390. The highest BCUT2D eigenvalue weighted by molar-refractivity contribution is 7.89. The van der Waals surface area contributed by atoms with E-state index in [9.17, 15) is 8.42 Å². The average molecular weight is 301 g/mol. The van der Waals surface area contributed by atoms with E-state index in [1.54, 1.807) is 6.07 Å². The number of sulfonamides is 1. The number of methoxy groups -OCH3 is 1. The van der Waals surface area contributed by atoms with Crippen LogP contribution in [0.3, 0.4) is 0 Å². The summed E-state index contributed by atoms with van der Waals surface area (Å²) in [6.07, 6.45) is 1.59. The van der Waals surface area contributed by atoms with Crippen LogP contribution in [0.2, 0.25) is 0 Å². The molecule has 1 saturated heterocycles. The molecule has 0 radical (unpaired) electrons. The van der Waals surface area contributed by atoms with Gasteiger partial charge in [-0.2, -0.15) is 0 Å². The lowest BCUT2D eigenvalue weighted by atomic mass is 10.1. The van der Waals surface area contributed by atoms with Crippen molar-refractivity contribution in [2.45, 2.75) is 30.4 Å². The van der Waals surface area contributed by atoms with Gasteiger partial charge in [0.25, 0.3) is 0 Å². The summed E-state index contributed by atoms with van der Waals surface area (Å²) in [5.41, 5.74) is 0.520. The highest BCUT2D eigenvalue weighted by Gasteiger charge is 2.25. The van der Waals surface area contributed by atoms with Gasteiger partial charge in [0.2, 0.25) is 10.0 Å². The van der Waals surface area contributed by atoms with Gasteiger partial charge in [0.1, 0.15) is 10.6 Å². The lowest BCUT2D eigenvalue weighted by Gasteiger charge is -2.23. The molecule has 1 heterocycles. The topological polar surface area (TPSA) is 84.9 Å². The van der Waals surface area contributed by atoms with E-state index >= 15 is 0 Å². The van der Waals surface area contributed by atoms with Crippen LogP contribution in [0.15, 0.2) is 23.1 Å². The van der Waals surface area contributed by atoms with E-state index < -0.39 is 10.0 Å². The summed E-state index contributed by atoms with van der Waals surface area (Å²) in [5, 5.41) is 9.14. The third-order valence-electron chi connectivity index (χ3n) is 3.18. The van der Waals surface area contributed by atoms with Gasteiger partial charge in [-0.15, -0.1) is 0 Å². The maximum Gasteiger partial charge on any atom is 0.244 e. The summed E-state index contributed by atoms with van der Waals surface area (Å²) in [7, 11) is -2.29. The van der Waals surface area contributed by atoms with E-state index in [1.807, 2.05) is 0 Å². The number of rotatable bonds is 5. The number of ether oxygens (including phenoxy) is 2. The largest absolute Gasteiger partial charge is 0.495 e. The Morgan fingerprint density at radius 1 is 1.50 bits per heavy atom. The molecule has 112 valence electrons. The number of aliphatic hydroxyl groups is 1. The fourth-order valence-corrected chi connectivity index (χ4v) is 3.62. The van der Waals surface area contributed by atoms with Crippen molar-refractivity contribution in [2.24, 2.45) is 0 Å². The van der Waals surface area contributed by atoms with E-state index in [0.717, 1.165) is 12.8 Å². The van der Waals surface area contributed by atoms with Crippen molar-refractivity contribution in [1.82, 2.24) is 4.72 Å². The monoisotopic (exact) mass is 301 g/mol. The van der Waals surface area contributed by atoms with Gasteiger partial charge in [0, 0.05) is 12.6 Å². The second-order valence-electron chi connectivity index (χ2n) is 4.68. The molecule has 1 aliphatic rings. The van der Waals surface area contributed by atoms with Crippen LogP contribution in [0.5, 0.6) is 5.75 Å². The molecular weight excluding hydrogens is 282 g/mol. The van der Waals surface area contributed by atoms with Crippen LogP contribution in [0.25, 0.3) is 0 Å². The van der Waals surface area contributed by atoms with Gasteiger partial charge in [0.15, 0.2) is 0 Å². The summed E-state index contributed by atoms with van der Waals surface area (Å²) in [6, 6.07) is 4.36. The number of benzene rings is 1. The van der Waals surface area contributed by atoms with Gasteiger partial charge in [-0.25, -0.2) is 13.1 Å². The summed E-state index contributed by atoms with van der Waals surface area (Å²) < 4.78 is 37.8. The molecule has 0 spiro atoms. The molecule has 1 fully saturated rings. The quantitative estimate of drug-likeness (QED) is 0.834. The van der Waals surface area contributed by atoms with Crippen molar-refractivity contribution in [2.75, 3.05) is 20.3 Å². The van der Waals surface area contributed by atoms with Crippen LogP contribution in [-0.2, 0) is 21.4 Å². The molecule has 6 nitrogen and oxygen atoms in total. The zero-order valence-corrected chi connectivity index (χ0v) is 12.1. The Morgan fingerprint density at radius 3 is 2.90 bits per heavy atom. The van der Waals surface area contributed by atoms with Gasteiger partial charge in [0.05, 0.1) is 20.3 Å². The van der Waals surface area contributed by atoms with Gasteiger partial charge >= 0.3 is 0 Å². The Labute approximate surface area is 118 Å². The molecule has 0 bridgehead atoms. The molecule has 7 heteroatoms. The van der Waals surface area contributed by atoms with E-state index in [1.165, 1.54) is 19.2 Å². The van der Waals surface area contributed by atoms with Crippen LogP contribution in [-0.4, -0.2) is 39.9 Å². The second kappa shape index (κ2) is 6.53. The van der Waals surface area contributed by atoms with E-state index in [-0.39, 0.29) is 23.3 Å².